The summed E-state index contributed by atoms with van der Waals surface area (Å²) in [5, 5.41) is 15.3. The molecule has 1 aromatic heterocycles. The molecular formula is C21H13NS. The quantitative estimate of drug-likeness (QED) is 0.409. The van der Waals surface area contributed by atoms with Crippen molar-refractivity contribution in [3.8, 4) is 6.07 Å². The molecule has 0 amide bonds. The summed E-state index contributed by atoms with van der Waals surface area (Å²) >= 11 is 1.71. The minimum absolute atomic E-state index is 0.694. The Hall–Kier alpha value is -2.89. The summed E-state index contributed by atoms with van der Waals surface area (Å²) in [4.78, 5) is 0. The van der Waals surface area contributed by atoms with E-state index in [0.717, 1.165) is 16.5 Å². The highest BCUT2D eigenvalue weighted by atomic mass is 32.1. The van der Waals surface area contributed by atoms with Crippen LogP contribution < -0.4 is 0 Å². The predicted molar refractivity (Wildman–Crippen MR) is 99.3 cm³/mol. The van der Waals surface area contributed by atoms with Crippen LogP contribution >= 0.6 is 11.3 Å². The molecule has 0 fully saturated rings. The molecule has 1 heterocycles. The van der Waals surface area contributed by atoms with Crippen LogP contribution in [0.3, 0.4) is 0 Å². The Labute approximate surface area is 138 Å². The lowest BCUT2D eigenvalue weighted by Gasteiger charge is -2.03. The number of rotatable bonds is 2. The van der Waals surface area contributed by atoms with Gasteiger partial charge in [0.25, 0.3) is 0 Å². The maximum absolute atomic E-state index is 9.61. The number of thiophene rings is 1. The molecule has 4 rings (SSSR count). The molecule has 0 saturated carbocycles. The van der Waals surface area contributed by atoms with Gasteiger partial charge in [0, 0.05) is 4.70 Å². The van der Waals surface area contributed by atoms with E-state index in [9.17, 15) is 5.26 Å². The van der Waals surface area contributed by atoms with Crippen LogP contribution in [0.4, 0.5) is 0 Å². The molecule has 108 valence electrons. The lowest BCUT2D eigenvalue weighted by Crippen LogP contribution is -1.82. The van der Waals surface area contributed by atoms with Crippen molar-refractivity contribution < 1.29 is 0 Å². The third-order valence-electron chi connectivity index (χ3n) is 3.99. The van der Waals surface area contributed by atoms with Crippen molar-refractivity contribution in [3.63, 3.8) is 0 Å². The van der Waals surface area contributed by atoms with Crippen molar-refractivity contribution >= 4 is 43.8 Å². The molecule has 0 atom stereocenters. The molecule has 0 radical (unpaired) electrons. The Bertz CT molecular complexity index is 1080. The van der Waals surface area contributed by atoms with Gasteiger partial charge in [-0.1, -0.05) is 54.6 Å². The van der Waals surface area contributed by atoms with Gasteiger partial charge in [0.1, 0.15) is 0 Å². The van der Waals surface area contributed by atoms with E-state index >= 15 is 0 Å². The summed E-state index contributed by atoms with van der Waals surface area (Å²) in [6.07, 6.45) is 1.99. The Morgan fingerprint density at radius 1 is 0.913 bits per heavy atom. The number of hydrogen-bond acceptors (Lipinski definition) is 2. The maximum Gasteiger partial charge on any atom is 0.0998 e. The standard InChI is InChI=1S/C21H13NS/c22-13-18(12-19-14-23-21-8-4-3-7-20(19)21)17-10-9-15-5-1-2-6-16(15)11-17/h1-12,14H/b18-12+. The second-order valence-corrected chi connectivity index (χ2v) is 6.33. The monoisotopic (exact) mass is 311 g/mol. The fraction of sp³-hybridized carbons (Fsp3) is 0. The molecule has 0 aliphatic heterocycles. The van der Waals surface area contributed by atoms with E-state index in [4.69, 9.17) is 0 Å². The van der Waals surface area contributed by atoms with E-state index in [0.29, 0.717) is 5.57 Å². The smallest absolute Gasteiger partial charge is 0.0998 e. The summed E-state index contributed by atoms with van der Waals surface area (Å²) < 4.78 is 1.24. The van der Waals surface area contributed by atoms with Crippen molar-refractivity contribution in [2.45, 2.75) is 0 Å². The number of allylic oxidation sites excluding steroid dienone is 1. The SMILES string of the molecule is N#C/C(=C\c1csc2ccccc12)c1ccc2ccccc2c1. The molecule has 4 aromatic rings. The molecule has 1 nitrogen and oxygen atoms in total. The van der Waals surface area contributed by atoms with E-state index in [1.165, 1.54) is 15.5 Å². The molecule has 2 heteroatoms. The number of nitrogens with zero attached hydrogens (tertiary/aromatic N) is 1. The number of hydrogen-bond donors (Lipinski definition) is 0. The normalized spacial score (nSPS) is 11.7. The van der Waals surface area contributed by atoms with Crippen molar-refractivity contribution in [2.75, 3.05) is 0 Å². The Morgan fingerprint density at radius 2 is 1.70 bits per heavy atom. The Morgan fingerprint density at radius 3 is 2.57 bits per heavy atom. The molecule has 0 N–H and O–H groups in total. The molecular weight excluding hydrogens is 298 g/mol. The Kier molecular flexibility index (Phi) is 3.42. The van der Waals surface area contributed by atoms with Crippen LogP contribution in [-0.2, 0) is 0 Å². The predicted octanol–water partition coefficient (Wildman–Crippen LogP) is 6.12. The zero-order valence-electron chi connectivity index (χ0n) is 12.4. The molecule has 0 aliphatic rings. The first kappa shape index (κ1) is 13.8. The second kappa shape index (κ2) is 5.72. The van der Waals surface area contributed by atoms with Crippen LogP contribution in [0.25, 0.3) is 32.5 Å². The van der Waals surface area contributed by atoms with Crippen molar-refractivity contribution in [1.29, 1.82) is 5.26 Å². The average Bonchev–Trinajstić information content (AvgIpc) is 3.02. The van der Waals surface area contributed by atoms with Gasteiger partial charge in [-0.05, 0) is 50.9 Å². The van der Waals surface area contributed by atoms with E-state index in [1.807, 2.05) is 36.4 Å². The lowest BCUT2D eigenvalue weighted by atomic mass is 10.00. The molecule has 23 heavy (non-hydrogen) atoms. The largest absolute Gasteiger partial charge is 0.192 e. The van der Waals surface area contributed by atoms with Gasteiger partial charge in [0.2, 0.25) is 0 Å². The van der Waals surface area contributed by atoms with Crippen LogP contribution in [0.15, 0.2) is 72.1 Å². The molecule has 0 spiro atoms. The van der Waals surface area contributed by atoms with E-state index < -0.39 is 0 Å². The van der Waals surface area contributed by atoms with Crippen LogP contribution in [0.1, 0.15) is 11.1 Å². The zero-order chi connectivity index (χ0) is 15.6. The van der Waals surface area contributed by atoms with Crippen LogP contribution in [0.2, 0.25) is 0 Å². The third-order valence-corrected chi connectivity index (χ3v) is 4.97. The summed E-state index contributed by atoms with van der Waals surface area (Å²) in [5.41, 5.74) is 2.76. The zero-order valence-corrected chi connectivity index (χ0v) is 13.2. The molecule has 0 aliphatic carbocycles. The highest BCUT2D eigenvalue weighted by Crippen LogP contribution is 2.30. The van der Waals surface area contributed by atoms with Gasteiger partial charge in [-0.25, -0.2) is 0 Å². The van der Waals surface area contributed by atoms with E-state index in [2.05, 4.69) is 47.8 Å². The molecule has 0 bridgehead atoms. The second-order valence-electron chi connectivity index (χ2n) is 5.42. The fourth-order valence-corrected chi connectivity index (χ4v) is 3.72. The van der Waals surface area contributed by atoms with Crippen LogP contribution in [-0.4, -0.2) is 0 Å². The maximum atomic E-state index is 9.61. The highest BCUT2D eigenvalue weighted by molar-refractivity contribution is 7.17. The van der Waals surface area contributed by atoms with Crippen molar-refractivity contribution in [1.82, 2.24) is 0 Å². The van der Waals surface area contributed by atoms with Gasteiger partial charge in [0.15, 0.2) is 0 Å². The first-order valence-electron chi connectivity index (χ1n) is 7.42. The van der Waals surface area contributed by atoms with Gasteiger partial charge in [-0.3, -0.25) is 0 Å². The summed E-state index contributed by atoms with van der Waals surface area (Å²) in [7, 11) is 0. The lowest BCUT2D eigenvalue weighted by molar-refractivity contribution is 1.53. The summed E-state index contributed by atoms with van der Waals surface area (Å²) in [5.74, 6) is 0. The summed E-state index contributed by atoms with van der Waals surface area (Å²) in [6, 6.07) is 25.0. The topological polar surface area (TPSA) is 23.8 Å². The fourth-order valence-electron chi connectivity index (χ4n) is 2.80. The van der Waals surface area contributed by atoms with E-state index in [-0.39, 0.29) is 0 Å². The average molecular weight is 311 g/mol. The Balaban J connectivity index is 1.85. The summed E-state index contributed by atoms with van der Waals surface area (Å²) in [6.45, 7) is 0. The highest BCUT2D eigenvalue weighted by Gasteiger charge is 2.06. The number of nitriles is 1. The molecule has 3 aromatic carbocycles. The minimum atomic E-state index is 0.694. The molecule has 0 unspecified atom stereocenters. The van der Waals surface area contributed by atoms with E-state index in [1.54, 1.807) is 11.3 Å². The van der Waals surface area contributed by atoms with Gasteiger partial charge < -0.3 is 0 Å². The van der Waals surface area contributed by atoms with Gasteiger partial charge >= 0.3 is 0 Å². The number of fused-ring (bicyclic) bond motifs is 2. The molecule has 0 saturated heterocycles. The first-order valence-corrected chi connectivity index (χ1v) is 8.30. The number of benzene rings is 3. The first-order chi connectivity index (χ1) is 11.3. The van der Waals surface area contributed by atoms with Gasteiger partial charge in [0.05, 0.1) is 11.6 Å². The minimum Gasteiger partial charge on any atom is -0.192 e. The van der Waals surface area contributed by atoms with Crippen LogP contribution in [0.5, 0.6) is 0 Å². The third kappa shape index (κ3) is 2.52. The van der Waals surface area contributed by atoms with Crippen molar-refractivity contribution in [2.24, 2.45) is 0 Å². The van der Waals surface area contributed by atoms with Gasteiger partial charge in [-0.15, -0.1) is 11.3 Å². The van der Waals surface area contributed by atoms with Crippen molar-refractivity contribution in [3.05, 3.63) is 83.2 Å². The van der Waals surface area contributed by atoms with Gasteiger partial charge in [-0.2, -0.15) is 5.26 Å². The van der Waals surface area contributed by atoms with Crippen LogP contribution in [0, 0.1) is 11.3 Å².